The number of hydrogen-bond acceptors (Lipinski definition) is 6. The molecule has 8 heteroatoms. The highest BCUT2D eigenvalue weighted by Crippen LogP contribution is 2.38. The van der Waals surface area contributed by atoms with Crippen molar-refractivity contribution in [1.82, 2.24) is 4.57 Å². The van der Waals surface area contributed by atoms with Crippen LogP contribution in [0.25, 0.3) is 21.9 Å². The Morgan fingerprint density at radius 3 is 2.56 bits per heavy atom. The molecule has 0 amide bonds. The van der Waals surface area contributed by atoms with E-state index in [2.05, 4.69) is 0 Å². The lowest BCUT2D eigenvalue weighted by Gasteiger charge is -2.15. The molecule has 6 nitrogen and oxygen atoms in total. The van der Waals surface area contributed by atoms with Crippen LogP contribution in [0.1, 0.15) is 5.56 Å². The van der Waals surface area contributed by atoms with E-state index >= 15 is 0 Å². The minimum atomic E-state index is -0.743. The standard InChI is InChI=1S/C26H18ClNO5S/c1-32-17-10-11-19-20(13-17)28(14-15-6-3-2-4-7-15)25(30)21-22(29)24(26(31)33-23(19)21)34-18-9-5-8-16(27)12-18/h2-13,29H,14H2,1H3. The van der Waals surface area contributed by atoms with Crippen molar-refractivity contribution < 1.29 is 14.3 Å². The molecule has 0 aliphatic rings. The third-order valence-corrected chi connectivity index (χ3v) is 6.75. The Labute approximate surface area is 203 Å². The number of benzene rings is 3. The summed E-state index contributed by atoms with van der Waals surface area (Å²) in [4.78, 5) is 27.1. The van der Waals surface area contributed by atoms with Crippen molar-refractivity contribution in [1.29, 1.82) is 0 Å². The Morgan fingerprint density at radius 2 is 1.82 bits per heavy atom. The third-order valence-electron chi connectivity index (χ3n) is 5.46. The van der Waals surface area contributed by atoms with E-state index in [0.717, 1.165) is 17.3 Å². The SMILES string of the molecule is COc1ccc2c3oc(=O)c(Sc4cccc(Cl)c4)c(O)c3c(=O)n(Cc3ccccc3)c2c1. The normalized spacial score (nSPS) is 11.2. The second-order valence-corrected chi connectivity index (χ2v) is 9.11. The lowest BCUT2D eigenvalue weighted by molar-refractivity contribution is 0.415. The van der Waals surface area contributed by atoms with Crippen LogP contribution in [0, 0.1) is 0 Å². The molecule has 0 bridgehead atoms. The predicted octanol–water partition coefficient (Wildman–Crippen LogP) is 5.68. The van der Waals surface area contributed by atoms with Gasteiger partial charge in [-0.15, -0.1) is 0 Å². The van der Waals surface area contributed by atoms with Gasteiger partial charge >= 0.3 is 5.63 Å². The van der Waals surface area contributed by atoms with Gasteiger partial charge in [-0.25, -0.2) is 4.79 Å². The van der Waals surface area contributed by atoms with Gasteiger partial charge in [-0.05, 0) is 35.9 Å². The van der Waals surface area contributed by atoms with E-state index in [0.29, 0.717) is 26.6 Å². The van der Waals surface area contributed by atoms with E-state index in [9.17, 15) is 14.7 Å². The van der Waals surface area contributed by atoms with Crippen LogP contribution in [0.2, 0.25) is 5.02 Å². The van der Waals surface area contributed by atoms with Crippen LogP contribution in [0.5, 0.6) is 11.5 Å². The summed E-state index contributed by atoms with van der Waals surface area (Å²) in [6.45, 7) is 0.259. The Balaban J connectivity index is 1.81. The van der Waals surface area contributed by atoms with Crippen LogP contribution in [0.4, 0.5) is 0 Å². The molecule has 0 radical (unpaired) electrons. The molecular weight excluding hydrogens is 474 g/mol. The van der Waals surface area contributed by atoms with Gasteiger partial charge in [-0.1, -0.05) is 59.8 Å². The van der Waals surface area contributed by atoms with Crippen LogP contribution in [0.15, 0.2) is 96.6 Å². The van der Waals surface area contributed by atoms with Gasteiger partial charge in [0.2, 0.25) is 0 Å². The average Bonchev–Trinajstić information content (AvgIpc) is 2.84. The summed E-state index contributed by atoms with van der Waals surface area (Å²) >= 11 is 7.05. The molecule has 0 atom stereocenters. The first-order chi connectivity index (χ1) is 16.5. The molecule has 2 heterocycles. The summed E-state index contributed by atoms with van der Waals surface area (Å²) in [5.74, 6) is 0.133. The molecule has 0 saturated carbocycles. The zero-order valence-corrected chi connectivity index (χ0v) is 19.5. The smallest absolute Gasteiger partial charge is 0.354 e. The van der Waals surface area contributed by atoms with Gasteiger partial charge in [0.15, 0.2) is 11.3 Å². The molecule has 1 N–H and O–H groups in total. The molecule has 170 valence electrons. The Kier molecular flexibility index (Phi) is 5.81. The minimum absolute atomic E-state index is 0.0323. The summed E-state index contributed by atoms with van der Waals surface area (Å²) in [6.07, 6.45) is 0. The van der Waals surface area contributed by atoms with Gasteiger partial charge in [-0.3, -0.25) is 4.79 Å². The highest BCUT2D eigenvalue weighted by Gasteiger charge is 2.23. The fourth-order valence-corrected chi connectivity index (χ4v) is 5.00. The number of pyridine rings is 1. The quantitative estimate of drug-likeness (QED) is 0.319. The van der Waals surface area contributed by atoms with Crippen LogP contribution in [-0.2, 0) is 6.54 Å². The molecule has 2 aromatic heterocycles. The molecule has 0 aliphatic carbocycles. The minimum Gasteiger partial charge on any atom is -0.505 e. The first-order valence-corrected chi connectivity index (χ1v) is 11.5. The maximum atomic E-state index is 13.7. The molecule has 34 heavy (non-hydrogen) atoms. The molecule has 5 rings (SSSR count). The lowest BCUT2D eigenvalue weighted by atomic mass is 10.1. The maximum absolute atomic E-state index is 13.7. The van der Waals surface area contributed by atoms with E-state index < -0.39 is 16.9 Å². The van der Waals surface area contributed by atoms with E-state index in [1.54, 1.807) is 47.0 Å². The number of hydrogen-bond donors (Lipinski definition) is 1. The Hall–Kier alpha value is -3.68. The maximum Gasteiger partial charge on any atom is 0.354 e. The van der Waals surface area contributed by atoms with Crippen molar-refractivity contribution >= 4 is 45.2 Å². The summed E-state index contributed by atoms with van der Waals surface area (Å²) in [7, 11) is 1.53. The molecule has 3 aromatic carbocycles. The Bertz CT molecular complexity index is 1660. The van der Waals surface area contributed by atoms with Gasteiger partial charge in [0.25, 0.3) is 5.56 Å². The molecule has 0 saturated heterocycles. The fourth-order valence-electron chi connectivity index (χ4n) is 3.86. The van der Waals surface area contributed by atoms with Crippen molar-refractivity contribution in [2.24, 2.45) is 0 Å². The summed E-state index contributed by atoms with van der Waals surface area (Å²) < 4.78 is 12.5. The number of aromatic hydroxyl groups is 1. The zero-order valence-electron chi connectivity index (χ0n) is 17.9. The summed E-state index contributed by atoms with van der Waals surface area (Å²) in [6, 6.07) is 21.5. The zero-order chi connectivity index (χ0) is 23.8. The number of methoxy groups -OCH3 is 1. The second-order valence-electron chi connectivity index (χ2n) is 7.59. The molecule has 0 unspecified atom stereocenters. The van der Waals surface area contributed by atoms with Crippen molar-refractivity contribution in [2.75, 3.05) is 7.11 Å². The van der Waals surface area contributed by atoms with Crippen LogP contribution in [-0.4, -0.2) is 16.8 Å². The van der Waals surface area contributed by atoms with Gasteiger partial charge in [-0.2, -0.15) is 0 Å². The van der Waals surface area contributed by atoms with E-state index in [1.165, 1.54) is 7.11 Å². The van der Waals surface area contributed by atoms with Crippen LogP contribution in [0.3, 0.4) is 0 Å². The first kappa shape index (κ1) is 22.1. The van der Waals surface area contributed by atoms with Crippen LogP contribution >= 0.6 is 23.4 Å². The first-order valence-electron chi connectivity index (χ1n) is 10.3. The monoisotopic (exact) mass is 491 g/mol. The van der Waals surface area contributed by atoms with Crippen LogP contribution < -0.4 is 15.9 Å². The van der Waals surface area contributed by atoms with Crippen molar-refractivity contribution in [3.05, 3.63) is 104 Å². The van der Waals surface area contributed by atoms with Gasteiger partial charge in [0.05, 0.1) is 19.2 Å². The molecule has 0 fully saturated rings. The third kappa shape index (κ3) is 3.93. The molecule has 5 aromatic rings. The molecule has 0 spiro atoms. The van der Waals surface area contributed by atoms with E-state index in [4.69, 9.17) is 20.8 Å². The predicted molar refractivity (Wildman–Crippen MR) is 134 cm³/mol. The largest absolute Gasteiger partial charge is 0.505 e. The second kappa shape index (κ2) is 8.93. The fraction of sp³-hybridized carbons (Fsp3) is 0.0769. The van der Waals surface area contributed by atoms with E-state index in [1.807, 2.05) is 30.3 Å². The number of ether oxygens (including phenoxy) is 1. The highest BCUT2D eigenvalue weighted by molar-refractivity contribution is 7.99. The van der Waals surface area contributed by atoms with Gasteiger partial charge in [0, 0.05) is 21.4 Å². The number of aromatic nitrogens is 1. The summed E-state index contributed by atoms with van der Waals surface area (Å²) in [5.41, 5.74) is 0.239. The number of nitrogens with zero attached hydrogens (tertiary/aromatic N) is 1. The molecule has 0 aliphatic heterocycles. The topological polar surface area (TPSA) is 81.7 Å². The number of fused-ring (bicyclic) bond motifs is 3. The Morgan fingerprint density at radius 1 is 1.03 bits per heavy atom. The van der Waals surface area contributed by atoms with Gasteiger partial charge in [0.1, 0.15) is 16.0 Å². The average molecular weight is 492 g/mol. The lowest BCUT2D eigenvalue weighted by Crippen LogP contribution is -2.23. The van der Waals surface area contributed by atoms with E-state index in [-0.39, 0.29) is 22.4 Å². The van der Waals surface area contributed by atoms with Crippen molar-refractivity contribution in [2.45, 2.75) is 16.3 Å². The number of halogens is 1. The van der Waals surface area contributed by atoms with Crippen molar-refractivity contribution in [3.8, 4) is 11.5 Å². The van der Waals surface area contributed by atoms with Gasteiger partial charge < -0.3 is 18.8 Å². The number of rotatable bonds is 5. The summed E-state index contributed by atoms with van der Waals surface area (Å²) in [5, 5.41) is 12.1. The van der Waals surface area contributed by atoms with Crippen molar-refractivity contribution in [3.63, 3.8) is 0 Å². The molecular formula is C26H18ClNO5S. The highest BCUT2D eigenvalue weighted by atomic mass is 35.5.